The average Bonchev–Trinajstić information content (AvgIpc) is 2.36. The Morgan fingerprint density at radius 2 is 1.71 bits per heavy atom. The van der Waals surface area contributed by atoms with Gasteiger partial charge in [0.2, 0.25) is 5.75 Å². The fraction of sp³-hybridized carbons (Fsp3) is 0.250. The smallest absolute Gasteiger partial charge is 0.204 e. The second-order valence-corrected chi connectivity index (χ2v) is 3.24. The monoisotopic (exact) mass is 255 g/mol. The zero-order chi connectivity index (χ0) is 11.5. The van der Waals surface area contributed by atoms with Crippen LogP contribution in [0.4, 0.5) is 0 Å². The third kappa shape index (κ3) is 2.22. The summed E-state index contributed by atoms with van der Waals surface area (Å²) in [4.78, 5) is 4.08. The predicted octanol–water partition coefficient (Wildman–Crippen LogP) is 2.68. The highest BCUT2D eigenvalue weighted by Gasteiger charge is 2.15. The molecular formula is C12H14ClNO3. The van der Waals surface area contributed by atoms with E-state index in [1.165, 1.54) is 0 Å². The molecule has 4 nitrogen and oxygen atoms in total. The number of ether oxygens (including phenoxy) is 3. The summed E-state index contributed by atoms with van der Waals surface area (Å²) >= 11 is 0. The van der Waals surface area contributed by atoms with Crippen LogP contribution in [0.2, 0.25) is 0 Å². The normalized spacial score (nSPS) is 9.59. The lowest BCUT2D eigenvalue weighted by Gasteiger charge is -2.14. The molecule has 2 rings (SSSR count). The van der Waals surface area contributed by atoms with E-state index >= 15 is 0 Å². The number of rotatable bonds is 3. The molecule has 0 atom stereocenters. The molecule has 0 N–H and O–H groups in total. The first-order chi connectivity index (χ1) is 7.81. The number of methoxy groups -OCH3 is 3. The molecule has 17 heavy (non-hydrogen) atoms. The highest BCUT2D eigenvalue weighted by molar-refractivity contribution is 5.92. The molecule has 0 aliphatic carbocycles. The van der Waals surface area contributed by atoms with E-state index in [0.29, 0.717) is 17.2 Å². The van der Waals surface area contributed by atoms with Crippen LogP contribution in [0, 0.1) is 0 Å². The quantitative estimate of drug-likeness (QED) is 0.846. The molecule has 0 radical (unpaired) electrons. The van der Waals surface area contributed by atoms with Gasteiger partial charge in [0.25, 0.3) is 0 Å². The third-order valence-electron chi connectivity index (χ3n) is 2.44. The molecule has 0 saturated heterocycles. The molecule has 0 unspecified atom stereocenters. The van der Waals surface area contributed by atoms with Crippen LogP contribution in [-0.2, 0) is 0 Å². The Labute approximate surface area is 106 Å². The number of nitrogens with zero attached hydrogens (tertiary/aromatic N) is 1. The Morgan fingerprint density at radius 3 is 2.29 bits per heavy atom. The van der Waals surface area contributed by atoms with Gasteiger partial charge in [0, 0.05) is 17.8 Å². The van der Waals surface area contributed by atoms with Crippen molar-refractivity contribution < 1.29 is 14.2 Å². The Hall–Kier alpha value is -1.68. The van der Waals surface area contributed by atoms with Crippen LogP contribution in [0.15, 0.2) is 24.5 Å². The number of pyridine rings is 1. The van der Waals surface area contributed by atoms with Gasteiger partial charge in [-0.2, -0.15) is 0 Å². The Morgan fingerprint density at radius 1 is 1.00 bits per heavy atom. The first kappa shape index (κ1) is 13.4. The molecule has 1 aromatic carbocycles. The molecule has 0 aliphatic rings. The third-order valence-corrected chi connectivity index (χ3v) is 2.44. The lowest BCUT2D eigenvalue weighted by Crippen LogP contribution is -1.96. The summed E-state index contributed by atoms with van der Waals surface area (Å²) in [6, 6.07) is 3.80. The zero-order valence-electron chi connectivity index (χ0n) is 9.89. The maximum atomic E-state index is 5.35. The van der Waals surface area contributed by atoms with E-state index in [1.807, 2.05) is 12.1 Å². The van der Waals surface area contributed by atoms with Crippen LogP contribution in [0.3, 0.4) is 0 Å². The first-order valence-electron chi connectivity index (χ1n) is 4.84. The summed E-state index contributed by atoms with van der Waals surface area (Å²) in [7, 11) is 4.79. The van der Waals surface area contributed by atoms with Gasteiger partial charge in [0.15, 0.2) is 11.5 Å². The maximum Gasteiger partial charge on any atom is 0.204 e. The van der Waals surface area contributed by atoms with Gasteiger partial charge in [-0.05, 0) is 17.5 Å². The topological polar surface area (TPSA) is 40.6 Å². The van der Waals surface area contributed by atoms with Crippen LogP contribution in [0.25, 0.3) is 10.8 Å². The highest BCUT2D eigenvalue weighted by atomic mass is 35.5. The summed E-state index contributed by atoms with van der Waals surface area (Å²) in [5.41, 5.74) is 0. The van der Waals surface area contributed by atoms with Crippen molar-refractivity contribution in [1.82, 2.24) is 4.98 Å². The highest BCUT2D eigenvalue weighted by Crippen LogP contribution is 2.42. The SMILES string of the molecule is COc1cc2ccncc2c(OC)c1OC.Cl. The molecule has 0 spiro atoms. The summed E-state index contributed by atoms with van der Waals surface area (Å²) in [6.45, 7) is 0. The van der Waals surface area contributed by atoms with Crippen molar-refractivity contribution in [2.45, 2.75) is 0 Å². The molecule has 0 aliphatic heterocycles. The number of hydrogen-bond donors (Lipinski definition) is 0. The lowest BCUT2D eigenvalue weighted by atomic mass is 10.1. The predicted molar refractivity (Wildman–Crippen MR) is 68.6 cm³/mol. The number of halogens is 1. The van der Waals surface area contributed by atoms with E-state index in [2.05, 4.69) is 4.98 Å². The van der Waals surface area contributed by atoms with Crippen molar-refractivity contribution >= 4 is 23.2 Å². The van der Waals surface area contributed by atoms with Crippen LogP contribution in [0.1, 0.15) is 0 Å². The zero-order valence-corrected chi connectivity index (χ0v) is 10.7. The first-order valence-corrected chi connectivity index (χ1v) is 4.84. The second kappa shape index (κ2) is 5.59. The Bertz CT molecular complexity index is 516. The van der Waals surface area contributed by atoms with E-state index in [1.54, 1.807) is 33.7 Å². The minimum atomic E-state index is 0. The maximum absolute atomic E-state index is 5.35. The lowest BCUT2D eigenvalue weighted by molar-refractivity contribution is 0.327. The van der Waals surface area contributed by atoms with Gasteiger partial charge in [-0.15, -0.1) is 12.4 Å². The molecule has 1 heterocycles. The van der Waals surface area contributed by atoms with Gasteiger partial charge < -0.3 is 14.2 Å². The molecular weight excluding hydrogens is 242 g/mol. The van der Waals surface area contributed by atoms with Gasteiger partial charge in [-0.25, -0.2) is 0 Å². The van der Waals surface area contributed by atoms with Crippen molar-refractivity contribution in [1.29, 1.82) is 0 Å². The minimum absolute atomic E-state index is 0. The number of aromatic nitrogens is 1. The summed E-state index contributed by atoms with van der Waals surface area (Å²) in [6.07, 6.45) is 3.48. The van der Waals surface area contributed by atoms with Crippen LogP contribution in [-0.4, -0.2) is 26.3 Å². The van der Waals surface area contributed by atoms with Crippen molar-refractivity contribution in [3.63, 3.8) is 0 Å². The molecule has 0 bridgehead atoms. The van der Waals surface area contributed by atoms with Crippen LogP contribution < -0.4 is 14.2 Å². The van der Waals surface area contributed by atoms with E-state index in [9.17, 15) is 0 Å². The fourth-order valence-electron chi connectivity index (χ4n) is 1.71. The molecule has 1 aromatic heterocycles. The van der Waals surface area contributed by atoms with Gasteiger partial charge in [-0.3, -0.25) is 4.98 Å². The summed E-state index contributed by atoms with van der Waals surface area (Å²) in [5, 5.41) is 1.91. The van der Waals surface area contributed by atoms with Crippen molar-refractivity contribution in [3.05, 3.63) is 24.5 Å². The average molecular weight is 256 g/mol. The van der Waals surface area contributed by atoms with Gasteiger partial charge in [0.1, 0.15) is 0 Å². The number of benzene rings is 1. The van der Waals surface area contributed by atoms with E-state index in [4.69, 9.17) is 14.2 Å². The molecule has 0 saturated carbocycles. The van der Waals surface area contributed by atoms with Crippen molar-refractivity contribution in [2.24, 2.45) is 0 Å². The Balaban J connectivity index is 0.00000144. The standard InChI is InChI=1S/C12H13NO3.ClH/c1-14-10-6-8-4-5-13-7-9(8)11(15-2)12(10)16-3;/h4-7H,1-3H3;1H. The number of fused-ring (bicyclic) bond motifs is 1. The van der Waals surface area contributed by atoms with Crippen molar-refractivity contribution in [3.8, 4) is 17.2 Å². The molecule has 92 valence electrons. The molecule has 5 heteroatoms. The number of hydrogen-bond acceptors (Lipinski definition) is 4. The molecule has 2 aromatic rings. The van der Waals surface area contributed by atoms with Gasteiger partial charge in [-0.1, -0.05) is 0 Å². The summed E-state index contributed by atoms with van der Waals surface area (Å²) < 4.78 is 15.9. The minimum Gasteiger partial charge on any atom is -0.493 e. The van der Waals surface area contributed by atoms with Gasteiger partial charge in [0.05, 0.1) is 21.3 Å². The Kier molecular flexibility index (Phi) is 4.40. The van der Waals surface area contributed by atoms with E-state index in [0.717, 1.165) is 10.8 Å². The fourth-order valence-corrected chi connectivity index (χ4v) is 1.71. The van der Waals surface area contributed by atoms with Crippen LogP contribution >= 0.6 is 12.4 Å². The van der Waals surface area contributed by atoms with E-state index < -0.39 is 0 Å². The van der Waals surface area contributed by atoms with Gasteiger partial charge >= 0.3 is 0 Å². The second-order valence-electron chi connectivity index (χ2n) is 3.24. The van der Waals surface area contributed by atoms with Crippen molar-refractivity contribution in [2.75, 3.05) is 21.3 Å². The van der Waals surface area contributed by atoms with Crippen LogP contribution in [0.5, 0.6) is 17.2 Å². The van der Waals surface area contributed by atoms with E-state index in [-0.39, 0.29) is 12.4 Å². The molecule has 0 fully saturated rings. The largest absolute Gasteiger partial charge is 0.493 e. The summed E-state index contributed by atoms with van der Waals surface area (Å²) in [5.74, 6) is 1.88. The molecule has 0 amide bonds.